The Kier molecular flexibility index (Phi) is 1.51. The van der Waals surface area contributed by atoms with Crippen LogP contribution in [0, 0.1) is 5.82 Å². The highest BCUT2D eigenvalue weighted by atomic mass is 19.1. The molecule has 0 bridgehead atoms. The first-order valence-corrected chi connectivity index (χ1v) is 3.22. The molecule has 0 amide bonds. The Bertz CT molecular complexity index is 371. The zero-order chi connectivity index (χ0) is 8.39. The van der Waals surface area contributed by atoms with E-state index in [1.54, 1.807) is 0 Å². The molecule has 2 heterocycles. The van der Waals surface area contributed by atoms with Crippen LogP contribution in [0.5, 0.6) is 0 Å². The SMILES string of the molecule is Fc1cccnc1-c1nn[nH]n1. The van der Waals surface area contributed by atoms with Crippen LogP contribution in [0.1, 0.15) is 0 Å². The van der Waals surface area contributed by atoms with Crippen molar-refractivity contribution in [3.05, 3.63) is 24.1 Å². The highest BCUT2D eigenvalue weighted by molar-refractivity contribution is 5.47. The summed E-state index contributed by atoms with van der Waals surface area (Å²) < 4.78 is 13.0. The molecule has 12 heavy (non-hydrogen) atoms. The molecule has 0 saturated heterocycles. The Balaban J connectivity index is 2.55. The smallest absolute Gasteiger partial charge is 0.225 e. The molecule has 0 atom stereocenters. The van der Waals surface area contributed by atoms with Gasteiger partial charge in [-0.05, 0) is 17.3 Å². The standard InChI is InChI=1S/C6H4FN5/c7-4-2-1-3-8-5(4)6-9-11-12-10-6/h1-3H,(H,9,10,11,12). The summed E-state index contributed by atoms with van der Waals surface area (Å²) in [5.74, 6) is -0.299. The molecule has 1 N–H and O–H groups in total. The normalized spacial score (nSPS) is 10.1. The van der Waals surface area contributed by atoms with Crippen molar-refractivity contribution in [3.63, 3.8) is 0 Å². The number of nitrogens with one attached hydrogen (secondary N) is 1. The highest BCUT2D eigenvalue weighted by Crippen LogP contribution is 2.12. The van der Waals surface area contributed by atoms with Gasteiger partial charge in [0, 0.05) is 6.20 Å². The summed E-state index contributed by atoms with van der Waals surface area (Å²) in [6, 6.07) is 2.79. The number of rotatable bonds is 1. The van der Waals surface area contributed by atoms with E-state index in [0.29, 0.717) is 0 Å². The molecule has 0 radical (unpaired) electrons. The average molecular weight is 165 g/mol. The van der Waals surface area contributed by atoms with E-state index < -0.39 is 5.82 Å². The van der Waals surface area contributed by atoms with Crippen molar-refractivity contribution < 1.29 is 4.39 Å². The summed E-state index contributed by atoms with van der Waals surface area (Å²) in [4.78, 5) is 3.76. The van der Waals surface area contributed by atoms with E-state index in [-0.39, 0.29) is 11.5 Å². The van der Waals surface area contributed by atoms with Crippen molar-refractivity contribution in [2.45, 2.75) is 0 Å². The molecule has 0 aliphatic rings. The minimum absolute atomic E-state index is 0.103. The van der Waals surface area contributed by atoms with Crippen LogP contribution in [0.4, 0.5) is 4.39 Å². The summed E-state index contributed by atoms with van der Waals surface area (Å²) in [5.41, 5.74) is 0.103. The lowest BCUT2D eigenvalue weighted by Crippen LogP contribution is -1.89. The number of pyridine rings is 1. The summed E-state index contributed by atoms with van der Waals surface area (Å²) in [6.45, 7) is 0. The third-order valence-corrected chi connectivity index (χ3v) is 1.32. The van der Waals surface area contributed by atoms with Crippen molar-refractivity contribution in [1.29, 1.82) is 0 Å². The summed E-state index contributed by atoms with van der Waals surface area (Å²) in [6.07, 6.45) is 1.47. The first kappa shape index (κ1) is 6.84. The lowest BCUT2D eigenvalue weighted by molar-refractivity contribution is 0.624. The zero-order valence-corrected chi connectivity index (χ0v) is 5.90. The molecule has 0 unspecified atom stereocenters. The molecule has 0 aliphatic heterocycles. The molecule has 2 rings (SSSR count). The van der Waals surface area contributed by atoms with Crippen LogP contribution >= 0.6 is 0 Å². The Morgan fingerprint density at radius 2 is 2.33 bits per heavy atom. The van der Waals surface area contributed by atoms with Gasteiger partial charge in [-0.25, -0.2) is 9.37 Å². The predicted molar refractivity (Wildman–Crippen MR) is 37.4 cm³/mol. The monoisotopic (exact) mass is 165 g/mol. The van der Waals surface area contributed by atoms with Gasteiger partial charge in [0.2, 0.25) is 5.82 Å². The van der Waals surface area contributed by atoms with E-state index in [1.807, 2.05) is 0 Å². The molecule has 0 saturated carbocycles. The second kappa shape index (κ2) is 2.65. The number of hydrogen-bond acceptors (Lipinski definition) is 4. The van der Waals surface area contributed by atoms with E-state index in [0.717, 1.165) is 0 Å². The van der Waals surface area contributed by atoms with Crippen LogP contribution in [0.2, 0.25) is 0 Å². The van der Waals surface area contributed by atoms with Crippen molar-refractivity contribution in [2.24, 2.45) is 0 Å². The van der Waals surface area contributed by atoms with E-state index in [1.165, 1.54) is 18.3 Å². The Morgan fingerprint density at radius 1 is 1.42 bits per heavy atom. The summed E-state index contributed by atoms with van der Waals surface area (Å²) in [5, 5.41) is 12.7. The van der Waals surface area contributed by atoms with Gasteiger partial charge >= 0.3 is 0 Å². The molecule has 6 heteroatoms. The van der Waals surface area contributed by atoms with Crippen LogP contribution < -0.4 is 0 Å². The third kappa shape index (κ3) is 1.03. The van der Waals surface area contributed by atoms with Crippen molar-refractivity contribution in [1.82, 2.24) is 25.6 Å². The number of nitrogens with zero attached hydrogens (tertiary/aromatic N) is 4. The van der Waals surface area contributed by atoms with Crippen LogP contribution in [-0.4, -0.2) is 25.6 Å². The molecular formula is C6H4FN5. The van der Waals surface area contributed by atoms with Gasteiger partial charge < -0.3 is 0 Å². The maximum atomic E-state index is 13.0. The van der Waals surface area contributed by atoms with Gasteiger partial charge in [-0.1, -0.05) is 0 Å². The zero-order valence-electron chi connectivity index (χ0n) is 5.90. The van der Waals surface area contributed by atoms with Gasteiger partial charge in [-0.2, -0.15) is 5.21 Å². The largest absolute Gasteiger partial charge is 0.250 e. The van der Waals surface area contributed by atoms with Crippen molar-refractivity contribution >= 4 is 0 Å². The number of hydrogen-bond donors (Lipinski definition) is 1. The van der Waals surface area contributed by atoms with Crippen LogP contribution in [0.15, 0.2) is 18.3 Å². The Labute approximate surface area is 66.6 Å². The van der Waals surface area contributed by atoms with E-state index in [2.05, 4.69) is 25.6 Å². The average Bonchev–Trinajstić information content (AvgIpc) is 2.57. The minimum Gasteiger partial charge on any atom is -0.250 e. The fraction of sp³-hybridized carbons (Fsp3) is 0. The number of H-pyrrole nitrogens is 1. The maximum absolute atomic E-state index is 13.0. The van der Waals surface area contributed by atoms with Crippen LogP contribution in [0.3, 0.4) is 0 Å². The predicted octanol–water partition coefficient (Wildman–Crippen LogP) is 0.401. The number of aromatic nitrogens is 5. The van der Waals surface area contributed by atoms with Crippen LogP contribution in [-0.2, 0) is 0 Å². The molecular weight excluding hydrogens is 161 g/mol. The lowest BCUT2D eigenvalue weighted by Gasteiger charge is -1.92. The molecule has 0 fully saturated rings. The number of halogens is 1. The van der Waals surface area contributed by atoms with Crippen LogP contribution in [0.25, 0.3) is 11.5 Å². The Morgan fingerprint density at radius 3 is 3.00 bits per heavy atom. The third-order valence-electron chi connectivity index (χ3n) is 1.32. The molecule has 2 aromatic heterocycles. The van der Waals surface area contributed by atoms with Gasteiger partial charge in [0.15, 0.2) is 5.82 Å². The summed E-state index contributed by atoms with van der Waals surface area (Å²) in [7, 11) is 0. The second-order valence-corrected chi connectivity index (χ2v) is 2.07. The number of tetrazole rings is 1. The van der Waals surface area contributed by atoms with Gasteiger partial charge in [-0.3, -0.25) is 0 Å². The molecule has 2 aromatic rings. The molecule has 60 valence electrons. The first-order valence-electron chi connectivity index (χ1n) is 3.22. The van der Waals surface area contributed by atoms with Crippen molar-refractivity contribution in [3.8, 4) is 11.5 Å². The highest BCUT2D eigenvalue weighted by Gasteiger charge is 2.08. The summed E-state index contributed by atoms with van der Waals surface area (Å²) >= 11 is 0. The molecule has 5 nitrogen and oxygen atoms in total. The minimum atomic E-state index is -0.459. The van der Waals surface area contributed by atoms with Gasteiger partial charge in [0.05, 0.1) is 0 Å². The fourth-order valence-electron chi connectivity index (χ4n) is 0.812. The van der Waals surface area contributed by atoms with E-state index in [9.17, 15) is 4.39 Å². The lowest BCUT2D eigenvalue weighted by atomic mass is 10.3. The van der Waals surface area contributed by atoms with E-state index in [4.69, 9.17) is 0 Å². The van der Waals surface area contributed by atoms with Gasteiger partial charge in [0.1, 0.15) is 5.69 Å². The van der Waals surface area contributed by atoms with E-state index >= 15 is 0 Å². The topological polar surface area (TPSA) is 67.3 Å². The first-order chi connectivity index (χ1) is 5.88. The van der Waals surface area contributed by atoms with Crippen molar-refractivity contribution in [2.75, 3.05) is 0 Å². The van der Waals surface area contributed by atoms with Gasteiger partial charge in [-0.15, -0.1) is 10.2 Å². The molecule has 0 aliphatic carbocycles. The molecule has 0 spiro atoms. The fourth-order valence-corrected chi connectivity index (χ4v) is 0.812. The number of aromatic amines is 1. The Hall–Kier alpha value is -1.85. The molecule has 0 aromatic carbocycles. The maximum Gasteiger partial charge on any atom is 0.225 e. The quantitative estimate of drug-likeness (QED) is 0.664. The van der Waals surface area contributed by atoms with Gasteiger partial charge in [0.25, 0.3) is 0 Å². The second-order valence-electron chi connectivity index (χ2n) is 2.07.